The quantitative estimate of drug-likeness (QED) is 0.475. The van der Waals surface area contributed by atoms with E-state index in [-0.39, 0.29) is 0 Å². The van der Waals surface area contributed by atoms with Crippen LogP contribution >= 0.6 is 51.8 Å². The summed E-state index contributed by atoms with van der Waals surface area (Å²) in [7, 11) is 0. The van der Waals surface area contributed by atoms with E-state index in [1.807, 2.05) is 0 Å². The molecule has 0 aromatic heterocycles. The average molecular weight is 346 g/mol. The fourth-order valence-electron chi connectivity index (χ4n) is 0.992. The number of rotatable bonds is 6. The van der Waals surface area contributed by atoms with Gasteiger partial charge in [0.1, 0.15) is 12.4 Å². The van der Waals surface area contributed by atoms with Gasteiger partial charge in [0.25, 0.3) is 0 Å². The molecule has 6 heteroatoms. The fourth-order valence-corrected chi connectivity index (χ4v) is 1.97. The van der Waals surface area contributed by atoms with Crippen molar-refractivity contribution in [3.8, 4) is 5.75 Å². The van der Waals surface area contributed by atoms with Crippen molar-refractivity contribution >= 4 is 51.8 Å². The van der Waals surface area contributed by atoms with E-state index in [4.69, 9.17) is 32.7 Å². The Morgan fingerprint density at radius 2 is 1.88 bits per heavy atom. The summed E-state index contributed by atoms with van der Waals surface area (Å²) in [5.74, 6) is 1.26. The fraction of sp³-hybridized carbons (Fsp3) is 0.400. The molecule has 16 heavy (non-hydrogen) atoms. The van der Waals surface area contributed by atoms with E-state index in [0.29, 0.717) is 41.4 Å². The number of hydrogen-bond donors (Lipinski definition) is 1. The van der Waals surface area contributed by atoms with Gasteiger partial charge in [0, 0.05) is 16.3 Å². The largest absolute Gasteiger partial charge is 0.490 e. The lowest BCUT2D eigenvalue weighted by Gasteiger charge is -2.09. The second-order valence-corrected chi connectivity index (χ2v) is 5.00. The summed E-state index contributed by atoms with van der Waals surface area (Å²) in [6.45, 7) is 1.55. The van der Waals surface area contributed by atoms with E-state index in [1.54, 1.807) is 12.1 Å². The molecule has 0 fully saturated rings. The first-order valence-electron chi connectivity index (χ1n) is 4.61. The van der Waals surface area contributed by atoms with E-state index in [2.05, 4.69) is 28.6 Å². The third-order valence-electron chi connectivity index (χ3n) is 1.70. The van der Waals surface area contributed by atoms with E-state index in [0.717, 1.165) is 4.47 Å². The van der Waals surface area contributed by atoms with Gasteiger partial charge >= 0.3 is 0 Å². The summed E-state index contributed by atoms with van der Waals surface area (Å²) in [5, 5.41) is 1.08. The Labute approximate surface area is 119 Å². The van der Waals surface area contributed by atoms with Gasteiger partial charge in [0.05, 0.1) is 23.3 Å². The maximum atomic E-state index is 5.97. The standard InChI is InChI=1S/C10H11BrCl2O2S/c11-7-5-9(13)10(6-8(7)12)15-2-1-14-3-4-16/h5-6,16H,1-4H2. The van der Waals surface area contributed by atoms with E-state index >= 15 is 0 Å². The molecule has 0 aliphatic heterocycles. The van der Waals surface area contributed by atoms with Crippen LogP contribution in [0.1, 0.15) is 0 Å². The molecule has 0 spiro atoms. The van der Waals surface area contributed by atoms with Crippen LogP contribution in [0, 0.1) is 0 Å². The maximum Gasteiger partial charge on any atom is 0.139 e. The first-order valence-corrected chi connectivity index (χ1v) is 6.79. The highest BCUT2D eigenvalue weighted by atomic mass is 79.9. The Hall–Kier alpha value is 0.390. The van der Waals surface area contributed by atoms with Gasteiger partial charge in [0.15, 0.2) is 0 Å². The first-order chi connectivity index (χ1) is 7.65. The number of thiol groups is 1. The Morgan fingerprint density at radius 1 is 1.12 bits per heavy atom. The number of ether oxygens (including phenoxy) is 2. The van der Waals surface area contributed by atoms with E-state index < -0.39 is 0 Å². The lowest BCUT2D eigenvalue weighted by atomic mass is 10.3. The Bertz CT molecular complexity index is 350. The van der Waals surface area contributed by atoms with Crippen LogP contribution in [0.3, 0.4) is 0 Å². The summed E-state index contributed by atoms with van der Waals surface area (Å²) >= 11 is 19.2. The Kier molecular flexibility index (Phi) is 6.92. The number of halogens is 3. The molecule has 0 N–H and O–H groups in total. The van der Waals surface area contributed by atoms with Gasteiger partial charge in [0.2, 0.25) is 0 Å². The highest BCUT2D eigenvalue weighted by Crippen LogP contribution is 2.33. The van der Waals surface area contributed by atoms with Crippen LogP contribution in [0.25, 0.3) is 0 Å². The zero-order valence-corrected chi connectivity index (χ0v) is 12.4. The smallest absolute Gasteiger partial charge is 0.139 e. The lowest BCUT2D eigenvalue weighted by Crippen LogP contribution is -2.08. The van der Waals surface area contributed by atoms with E-state index in [1.165, 1.54) is 0 Å². The van der Waals surface area contributed by atoms with E-state index in [9.17, 15) is 0 Å². The van der Waals surface area contributed by atoms with Gasteiger partial charge < -0.3 is 9.47 Å². The van der Waals surface area contributed by atoms with Crippen LogP contribution in [-0.2, 0) is 4.74 Å². The second-order valence-electron chi connectivity index (χ2n) is 2.88. The molecule has 1 aromatic rings. The number of hydrogen-bond acceptors (Lipinski definition) is 3. The lowest BCUT2D eigenvalue weighted by molar-refractivity contribution is 0.112. The minimum absolute atomic E-state index is 0.436. The van der Waals surface area contributed by atoms with Crippen molar-refractivity contribution in [3.05, 3.63) is 26.7 Å². The zero-order valence-electron chi connectivity index (χ0n) is 8.38. The van der Waals surface area contributed by atoms with Gasteiger partial charge in [-0.2, -0.15) is 12.6 Å². The molecule has 0 heterocycles. The molecule has 0 radical (unpaired) electrons. The molecule has 90 valence electrons. The maximum absolute atomic E-state index is 5.97. The van der Waals surface area contributed by atoms with Crippen LogP contribution in [0.2, 0.25) is 10.0 Å². The average Bonchev–Trinajstić information content (AvgIpc) is 2.25. The predicted octanol–water partition coefficient (Wildman–Crippen LogP) is 4.08. The molecule has 1 rings (SSSR count). The van der Waals surface area contributed by atoms with Gasteiger partial charge in [-0.1, -0.05) is 23.2 Å². The van der Waals surface area contributed by atoms with Crippen LogP contribution in [0.4, 0.5) is 0 Å². The van der Waals surface area contributed by atoms with Crippen molar-refractivity contribution in [3.63, 3.8) is 0 Å². The SMILES string of the molecule is SCCOCCOc1cc(Cl)c(Br)cc1Cl. The number of benzene rings is 1. The zero-order chi connectivity index (χ0) is 12.0. The van der Waals surface area contributed by atoms with Crippen molar-refractivity contribution in [2.45, 2.75) is 0 Å². The molecule has 0 aliphatic carbocycles. The summed E-state index contributed by atoms with van der Waals surface area (Å²) in [6.07, 6.45) is 0. The molecule has 0 aliphatic rings. The van der Waals surface area contributed by atoms with Crippen molar-refractivity contribution < 1.29 is 9.47 Å². The van der Waals surface area contributed by atoms with Crippen molar-refractivity contribution in [1.29, 1.82) is 0 Å². The highest BCUT2D eigenvalue weighted by molar-refractivity contribution is 9.10. The summed E-state index contributed by atoms with van der Waals surface area (Å²) in [6, 6.07) is 3.38. The van der Waals surface area contributed by atoms with Crippen LogP contribution in [0.15, 0.2) is 16.6 Å². The summed E-state index contributed by atoms with van der Waals surface area (Å²) in [5.41, 5.74) is 0. The first kappa shape index (κ1) is 14.5. The third kappa shape index (κ3) is 4.72. The van der Waals surface area contributed by atoms with Gasteiger partial charge in [-0.15, -0.1) is 0 Å². The highest BCUT2D eigenvalue weighted by Gasteiger charge is 2.06. The molecular formula is C10H11BrCl2O2S. The normalized spacial score (nSPS) is 10.5. The second kappa shape index (κ2) is 7.67. The minimum atomic E-state index is 0.436. The molecule has 0 atom stereocenters. The predicted molar refractivity (Wildman–Crippen MR) is 74.3 cm³/mol. The Morgan fingerprint density at radius 3 is 2.56 bits per heavy atom. The van der Waals surface area contributed by atoms with Gasteiger partial charge in [-0.25, -0.2) is 0 Å². The van der Waals surface area contributed by atoms with Crippen molar-refractivity contribution in [1.82, 2.24) is 0 Å². The van der Waals surface area contributed by atoms with Gasteiger partial charge in [-0.05, 0) is 22.0 Å². The molecule has 0 saturated carbocycles. The topological polar surface area (TPSA) is 18.5 Å². The molecule has 0 saturated heterocycles. The third-order valence-corrected chi connectivity index (χ3v) is 3.37. The van der Waals surface area contributed by atoms with Gasteiger partial charge in [-0.3, -0.25) is 0 Å². The molecule has 1 aromatic carbocycles. The van der Waals surface area contributed by atoms with Crippen molar-refractivity contribution in [2.75, 3.05) is 25.6 Å². The molecule has 0 unspecified atom stereocenters. The molecular weight excluding hydrogens is 335 g/mol. The molecule has 0 bridgehead atoms. The van der Waals surface area contributed by atoms with Crippen molar-refractivity contribution in [2.24, 2.45) is 0 Å². The molecule has 0 amide bonds. The summed E-state index contributed by atoms with van der Waals surface area (Å²) in [4.78, 5) is 0. The van der Waals surface area contributed by atoms with Crippen LogP contribution in [0.5, 0.6) is 5.75 Å². The monoisotopic (exact) mass is 344 g/mol. The molecule has 2 nitrogen and oxygen atoms in total. The summed E-state index contributed by atoms with van der Waals surface area (Å²) < 4.78 is 11.4. The Balaban J connectivity index is 2.45. The van der Waals surface area contributed by atoms with Crippen LogP contribution in [-0.4, -0.2) is 25.6 Å². The minimum Gasteiger partial charge on any atom is -0.490 e. The van der Waals surface area contributed by atoms with Crippen LogP contribution < -0.4 is 4.74 Å².